The minimum Gasteiger partial charge on any atom is -0.364 e. The molecule has 0 saturated carbocycles. The van der Waals surface area contributed by atoms with Gasteiger partial charge in [0.05, 0.1) is 0 Å². The molecule has 2 rings (SSSR count). The van der Waals surface area contributed by atoms with E-state index in [1.807, 2.05) is 0 Å². The third kappa shape index (κ3) is 2.41. The van der Waals surface area contributed by atoms with Crippen LogP contribution in [0.1, 0.15) is 38.3 Å². The van der Waals surface area contributed by atoms with E-state index in [1.54, 1.807) is 0 Å². The van der Waals surface area contributed by atoms with Crippen molar-refractivity contribution in [3.05, 3.63) is 36.2 Å². The molecule has 0 radical (unpaired) electrons. The molecular weight excluding hydrogens is 182 g/mol. The number of hydrogen-bond donors (Lipinski definition) is 1. The molecule has 0 bridgehead atoms. The Kier molecular flexibility index (Phi) is 3.44. The predicted octanol–water partition coefficient (Wildman–Crippen LogP) is 4.29. The van der Waals surface area contributed by atoms with E-state index in [1.165, 1.54) is 48.6 Å². The van der Waals surface area contributed by atoms with Gasteiger partial charge in [-0.2, -0.15) is 0 Å². The first kappa shape index (κ1) is 10.3. The quantitative estimate of drug-likeness (QED) is 0.694. The van der Waals surface area contributed by atoms with Crippen molar-refractivity contribution in [2.75, 3.05) is 0 Å². The van der Waals surface area contributed by atoms with Gasteiger partial charge in [-0.05, 0) is 18.2 Å². The second-order valence-corrected chi connectivity index (χ2v) is 4.17. The molecule has 1 heteroatoms. The third-order valence-corrected chi connectivity index (χ3v) is 2.97. The number of unbranched alkanes of at least 4 members (excludes halogenated alkanes) is 3. The molecule has 0 aliphatic rings. The molecule has 0 aliphatic heterocycles. The fourth-order valence-corrected chi connectivity index (χ4v) is 2.08. The zero-order valence-electron chi connectivity index (χ0n) is 9.42. The molecule has 1 nitrogen and oxygen atoms in total. The topological polar surface area (TPSA) is 15.8 Å². The van der Waals surface area contributed by atoms with Gasteiger partial charge in [-0.1, -0.05) is 50.5 Å². The van der Waals surface area contributed by atoms with Crippen LogP contribution >= 0.6 is 0 Å². The summed E-state index contributed by atoms with van der Waals surface area (Å²) in [5.41, 5.74) is 1.40. The molecule has 1 aromatic heterocycles. The standard InChI is InChI=1S/C14H19N/c1-2-3-4-5-10-14-13-9-7-6-8-12(13)11-15-14/h6-9,11,15H,2-5,10H2,1H3. The number of nitrogens with one attached hydrogen (secondary N) is 1. The summed E-state index contributed by atoms with van der Waals surface area (Å²) >= 11 is 0. The number of aromatic amines is 1. The van der Waals surface area contributed by atoms with E-state index in [-0.39, 0.29) is 0 Å². The molecule has 0 atom stereocenters. The van der Waals surface area contributed by atoms with E-state index in [2.05, 4.69) is 42.4 Å². The Labute approximate surface area is 91.5 Å². The first-order valence-corrected chi connectivity index (χ1v) is 5.97. The lowest BCUT2D eigenvalue weighted by atomic mass is 10.1. The molecule has 0 fully saturated rings. The normalized spacial score (nSPS) is 11.0. The Morgan fingerprint density at radius 1 is 1.07 bits per heavy atom. The maximum Gasteiger partial charge on any atom is 0.0226 e. The highest BCUT2D eigenvalue weighted by Crippen LogP contribution is 2.19. The molecule has 1 aromatic carbocycles. The molecule has 0 unspecified atom stereocenters. The maximum atomic E-state index is 3.39. The minimum atomic E-state index is 1.19. The van der Waals surface area contributed by atoms with Crippen LogP contribution < -0.4 is 0 Å². The van der Waals surface area contributed by atoms with Crippen LogP contribution in [0.25, 0.3) is 10.8 Å². The van der Waals surface area contributed by atoms with Crippen LogP contribution in [0, 0.1) is 0 Å². The summed E-state index contributed by atoms with van der Waals surface area (Å²) in [5.74, 6) is 0. The summed E-state index contributed by atoms with van der Waals surface area (Å²) in [7, 11) is 0. The number of fused-ring (bicyclic) bond motifs is 1. The van der Waals surface area contributed by atoms with Gasteiger partial charge in [0.15, 0.2) is 0 Å². The molecule has 0 amide bonds. The van der Waals surface area contributed by atoms with Gasteiger partial charge in [0.1, 0.15) is 0 Å². The number of rotatable bonds is 5. The van der Waals surface area contributed by atoms with Crippen molar-refractivity contribution in [3.8, 4) is 0 Å². The lowest BCUT2D eigenvalue weighted by molar-refractivity contribution is 0.663. The van der Waals surface area contributed by atoms with Gasteiger partial charge in [-0.15, -0.1) is 0 Å². The largest absolute Gasteiger partial charge is 0.364 e. The summed E-state index contributed by atoms with van der Waals surface area (Å²) < 4.78 is 0. The number of hydrogen-bond acceptors (Lipinski definition) is 0. The number of benzene rings is 1. The lowest BCUT2D eigenvalue weighted by Gasteiger charge is -1.99. The van der Waals surface area contributed by atoms with Crippen LogP contribution in [0.3, 0.4) is 0 Å². The van der Waals surface area contributed by atoms with Crippen LogP contribution in [0.15, 0.2) is 30.5 Å². The number of aromatic nitrogens is 1. The molecule has 0 saturated heterocycles. The summed E-state index contributed by atoms with van der Waals surface area (Å²) in [6.45, 7) is 2.25. The number of aryl methyl sites for hydroxylation is 1. The second kappa shape index (κ2) is 5.01. The first-order valence-electron chi connectivity index (χ1n) is 5.97. The Balaban J connectivity index is 2.02. The van der Waals surface area contributed by atoms with Gasteiger partial charge in [0, 0.05) is 17.3 Å². The monoisotopic (exact) mass is 201 g/mol. The zero-order chi connectivity index (χ0) is 10.5. The van der Waals surface area contributed by atoms with Crippen molar-refractivity contribution < 1.29 is 0 Å². The first-order chi connectivity index (χ1) is 7.42. The van der Waals surface area contributed by atoms with Gasteiger partial charge in [0.25, 0.3) is 0 Å². The number of H-pyrrole nitrogens is 1. The molecule has 1 N–H and O–H groups in total. The lowest BCUT2D eigenvalue weighted by Crippen LogP contribution is -1.86. The zero-order valence-corrected chi connectivity index (χ0v) is 9.42. The van der Waals surface area contributed by atoms with Gasteiger partial charge in [0.2, 0.25) is 0 Å². The van der Waals surface area contributed by atoms with Crippen molar-refractivity contribution in [2.45, 2.75) is 39.0 Å². The minimum absolute atomic E-state index is 1.19. The fourth-order valence-electron chi connectivity index (χ4n) is 2.08. The highest BCUT2D eigenvalue weighted by molar-refractivity contribution is 5.85. The van der Waals surface area contributed by atoms with Crippen molar-refractivity contribution in [1.82, 2.24) is 4.98 Å². The van der Waals surface area contributed by atoms with Crippen molar-refractivity contribution in [1.29, 1.82) is 0 Å². The molecule has 2 aromatic rings. The highest BCUT2D eigenvalue weighted by Gasteiger charge is 2.01. The van der Waals surface area contributed by atoms with Crippen LogP contribution in [-0.4, -0.2) is 4.98 Å². The summed E-state index contributed by atoms with van der Waals surface area (Å²) in [5, 5.41) is 2.73. The Hall–Kier alpha value is -1.24. The highest BCUT2D eigenvalue weighted by atomic mass is 14.7. The van der Waals surface area contributed by atoms with E-state index >= 15 is 0 Å². The average Bonchev–Trinajstić information content (AvgIpc) is 2.68. The third-order valence-electron chi connectivity index (χ3n) is 2.97. The van der Waals surface area contributed by atoms with E-state index in [0.717, 1.165) is 0 Å². The van der Waals surface area contributed by atoms with Crippen molar-refractivity contribution in [3.63, 3.8) is 0 Å². The van der Waals surface area contributed by atoms with Gasteiger partial charge in [-0.3, -0.25) is 0 Å². The molecule has 80 valence electrons. The van der Waals surface area contributed by atoms with Crippen LogP contribution in [0.5, 0.6) is 0 Å². The molecular formula is C14H19N. The molecule has 15 heavy (non-hydrogen) atoms. The van der Waals surface area contributed by atoms with E-state index < -0.39 is 0 Å². The van der Waals surface area contributed by atoms with Gasteiger partial charge in [-0.25, -0.2) is 0 Å². The Bertz CT molecular complexity index is 414. The molecule has 0 aliphatic carbocycles. The Morgan fingerprint density at radius 3 is 2.80 bits per heavy atom. The summed E-state index contributed by atoms with van der Waals surface area (Å²) in [6, 6.07) is 8.59. The van der Waals surface area contributed by atoms with Crippen molar-refractivity contribution in [2.24, 2.45) is 0 Å². The fraction of sp³-hybridized carbons (Fsp3) is 0.429. The Morgan fingerprint density at radius 2 is 1.93 bits per heavy atom. The predicted molar refractivity (Wildman–Crippen MR) is 66.1 cm³/mol. The van der Waals surface area contributed by atoms with Crippen LogP contribution in [0.4, 0.5) is 0 Å². The van der Waals surface area contributed by atoms with E-state index in [0.29, 0.717) is 0 Å². The van der Waals surface area contributed by atoms with Crippen LogP contribution in [-0.2, 0) is 6.42 Å². The SMILES string of the molecule is CCCCCCc1[nH]cc2ccccc12. The average molecular weight is 201 g/mol. The van der Waals surface area contributed by atoms with E-state index in [9.17, 15) is 0 Å². The second-order valence-electron chi connectivity index (χ2n) is 4.17. The summed E-state index contributed by atoms with van der Waals surface area (Å²) in [4.78, 5) is 3.39. The van der Waals surface area contributed by atoms with Crippen molar-refractivity contribution >= 4 is 10.8 Å². The van der Waals surface area contributed by atoms with Gasteiger partial charge < -0.3 is 4.98 Å². The molecule has 0 spiro atoms. The van der Waals surface area contributed by atoms with E-state index in [4.69, 9.17) is 0 Å². The molecule has 1 heterocycles. The smallest absolute Gasteiger partial charge is 0.0226 e. The van der Waals surface area contributed by atoms with Crippen LogP contribution in [0.2, 0.25) is 0 Å². The van der Waals surface area contributed by atoms with Gasteiger partial charge >= 0.3 is 0 Å². The maximum absolute atomic E-state index is 3.39. The summed E-state index contributed by atoms with van der Waals surface area (Å²) in [6.07, 6.45) is 8.63.